The maximum Gasteiger partial charge on any atom is 0.240 e. The van der Waals surface area contributed by atoms with E-state index in [4.69, 9.17) is 11.6 Å². The summed E-state index contributed by atoms with van der Waals surface area (Å²) in [6.07, 6.45) is 0.995. The highest BCUT2D eigenvalue weighted by Crippen LogP contribution is 2.17. The molecule has 0 heterocycles. The van der Waals surface area contributed by atoms with Crippen LogP contribution in [0.3, 0.4) is 0 Å². The van der Waals surface area contributed by atoms with Gasteiger partial charge in [0.25, 0.3) is 0 Å². The van der Waals surface area contributed by atoms with Crippen molar-refractivity contribution >= 4 is 23.2 Å². The number of aromatic hydroxyl groups is 1. The number of phenolic OH excluding ortho intramolecular Hbond substituents is 1. The quantitative estimate of drug-likeness (QED) is 0.488. The monoisotopic (exact) mass is 378 g/mol. The number of halogens is 1. The van der Waals surface area contributed by atoms with Crippen molar-refractivity contribution in [3.8, 4) is 5.75 Å². The van der Waals surface area contributed by atoms with Crippen LogP contribution in [0.15, 0.2) is 84.0 Å². The molecule has 2 N–H and O–H groups in total. The molecule has 3 rings (SSSR count). The van der Waals surface area contributed by atoms with Crippen molar-refractivity contribution in [1.29, 1.82) is 0 Å². The molecule has 0 saturated heterocycles. The molecule has 0 aromatic heterocycles. The topological polar surface area (TPSA) is 61.7 Å². The summed E-state index contributed by atoms with van der Waals surface area (Å²) in [7, 11) is 0. The molecule has 0 saturated carbocycles. The third-order valence-corrected chi connectivity index (χ3v) is 4.29. The molecule has 0 aliphatic carbocycles. The Morgan fingerprint density at radius 1 is 0.889 bits per heavy atom. The molecule has 3 aromatic rings. The van der Waals surface area contributed by atoms with Gasteiger partial charge in [-0.05, 0) is 48.4 Å². The Labute approximate surface area is 163 Å². The summed E-state index contributed by atoms with van der Waals surface area (Å²) in [5.41, 5.74) is 5.92. The van der Waals surface area contributed by atoms with Gasteiger partial charge in [0.1, 0.15) is 5.75 Å². The van der Waals surface area contributed by atoms with Gasteiger partial charge in [-0.3, -0.25) is 4.79 Å². The molecule has 0 aliphatic heterocycles. The van der Waals surface area contributed by atoms with Crippen LogP contribution in [0.5, 0.6) is 5.75 Å². The van der Waals surface area contributed by atoms with Crippen LogP contribution in [-0.2, 0) is 11.2 Å². The van der Waals surface area contributed by atoms with Crippen LogP contribution in [0.25, 0.3) is 0 Å². The number of phenols is 1. The van der Waals surface area contributed by atoms with Gasteiger partial charge >= 0.3 is 0 Å². The second kappa shape index (κ2) is 9.01. The highest BCUT2D eigenvalue weighted by molar-refractivity contribution is 6.30. The Balaban J connectivity index is 1.76. The minimum Gasteiger partial charge on any atom is -0.508 e. The van der Waals surface area contributed by atoms with Gasteiger partial charge in [-0.2, -0.15) is 5.10 Å². The molecule has 1 amide bonds. The fourth-order valence-corrected chi connectivity index (χ4v) is 2.73. The first-order chi connectivity index (χ1) is 13.1. The molecule has 136 valence electrons. The van der Waals surface area contributed by atoms with Crippen molar-refractivity contribution in [3.05, 3.63) is 101 Å². The summed E-state index contributed by atoms with van der Waals surface area (Å²) in [5, 5.41) is 14.5. The molecule has 0 spiro atoms. The number of amides is 1. The largest absolute Gasteiger partial charge is 0.508 e. The third-order valence-electron chi connectivity index (χ3n) is 4.03. The second-order valence-corrected chi connectivity index (χ2v) is 6.47. The number of hydrogen-bond acceptors (Lipinski definition) is 3. The van der Waals surface area contributed by atoms with Crippen LogP contribution in [0.1, 0.15) is 23.1 Å². The van der Waals surface area contributed by atoms with Gasteiger partial charge in [-0.15, -0.1) is 0 Å². The second-order valence-electron chi connectivity index (χ2n) is 6.03. The van der Waals surface area contributed by atoms with Gasteiger partial charge < -0.3 is 5.11 Å². The average molecular weight is 379 g/mol. The minimum absolute atomic E-state index is 0.163. The number of carbonyl (C=O) groups excluding carboxylic acids is 1. The number of hydrogen-bond donors (Lipinski definition) is 2. The van der Waals surface area contributed by atoms with E-state index in [-0.39, 0.29) is 11.7 Å². The van der Waals surface area contributed by atoms with Crippen molar-refractivity contribution in [2.24, 2.45) is 5.10 Å². The molecule has 0 fully saturated rings. The van der Waals surface area contributed by atoms with E-state index in [1.54, 1.807) is 36.4 Å². The molecule has 27 heavy (non-hydrogen) atoms. The van der Waals surface area contributed by atoms with E-state index in [0.29, 0.717) is 23.6 Å². The van der Waals surface area contributed by atoms with Gasteiger partial charge in [0.05, 0.1) is 5.71 Å². The lowest BCUT2D eigenvalue weighted by Gasteiger charge is -2.09. The summed E-state index contributed by atoms with van der Waals surface area (Å²) in [5.74, 6) is 0.00481. The van der Waals surface area contributed by atoms with E-state index in [9.17, 15) is 9.90 Å². The van der Waals surface area contributed by atoms with E-state index in [2.05, 4.69) is 10.5 Å². The molecule has 0 atom stereocenters. The zero-order valence-corrected chi connectivity index (χ0v) is 15.4. The number of hydrazone groups is 1. The predicted molar refractivity (Wildman–Crippen MR) is 108 cm³/mol. The van der Waals surface area contributed by atoms with Gasteiger partial charge in [0, 0.05) is 22.6 Å². The van der Waals surface area contributed by atoms with E-state index in [0.717, 1.165) is 16.7 Å². The normalized spacial score (nSPS) is 11.2. The smallest absolute Gasteiger partial charge is 0.240 e. The van der Waals surface area contributed by atoms with E-state index in [1.807, 2.05) is 42.5 Å². The van der Waals surface area contributed by atoms with Crippen LogP contribution in [0.4, 0.5) is 0 Å². The summed E-state index contributed by atoms with van der Waals surface area (Å²) in [4.78, 5) is 12.2. The number of aryl methyl sites for hydroxylation is 1. The van der Waals surface area contributed by atoms with E-state index in [1.165, 1.54) is 0 Å². The van der Waals surface area contributed by atoms with Crippen molar-refractivity contribution < 1.29 is 9.90 Å². The molecular formula is C22H19ClN2O2. The number of nitrogens with one attached hydrogen (secondary N) is 1. The molecule has 0 radical (unpaired) electrons. The van der Waals surface area contributed by atoms with Crippen LogP contribution in [-0.4, -0.2) is 16.7 Å². The minimum atomic E-state index is -0.163. The zero-order chi connectivity index (χ0) is 19.1. The number of rotatable bonds is 6. The Hall–Kier alpha value is -3.11. The summed E-state index contributed by atoms with van der Waals surface area (Å²) >= 11 is 5.97. The van der Waals surface area contributed by atoms with Crippen molar-refractivity contribution in [1.82, 2.24) is 5.43 Å². The highest BCUT2D eigenvalue weighted by Gasteiger charge is 2.09. The average Bonchev–Trinajstić information content (AvgIpc) is 2.70. The Morgan fingerprint density at radius 3 is 2.11 bits per heavy atom. The van der Waals surface area contributed by atoms with Crippen LogP contribution in [0.2, 0.25) is 5.02 Å². The molecule has 0 bridgehead atoms. The van der Waals surface area contributed by atoms with Gasteiger partial charge in [0.2, 0.25) is 5.91 Å². The molecule has 4 nitrogen and oxygen atoms in total. The fraction of sp³-hybridized carbons (Fsp3) is 0.0909. The molecule has 5 heteroatoms. The summed E-state index contributed by atoms with van der Waals surface area (Å²) in [6, 6.07) is 23.7. The van der Waals surface area contributed by atoms with Gasteiger partial charge in [0.15, 0.2) is 0 Å². The molecule has 3 aromatic carbocycles. The maximum atomic E-state index is 12.2. The highest BCUT2D eigenvalue weighted by atomic mass is 35.5. The van der Waals surface area contributed by atoms with E-state index < -0.39 is 0 Å². The van der Waals surface area contributed by atoms with Crippen molar-refractivity contribution in [2.45, 2.75) is 12.8 Å². The maximum absolute atomic E-state index is 12.2. The third kappa shape index (κ3) is 5.43. The number of nitrogens with zero attached hydrogens (tertiary/aromatic N) is 1. The van der Waals surface area contributed by atoms with Crippen LogP contribution in [0, 0.1) is 0 Å². The molecule has 0 unspecified atom stereocenters. The number of carbonyl (C=O) groups is 1. The lowest BCUT2D eigenvalue weighted by atomic mass is 10.0. The Morgan fingerprint density at radius 2 is 1.48 bits per heavy atom. The fourth-order valence-electron chi connectivity index (χ4n) is 2.60. The Kier molecular flexibility index (Phi) is 6.23. The van der Waals surface area contributed by atoms with Gasteiger partial charge in [-0.25, -0.2) is 5.43 Å². The molecule has 0 aliphatic rings. The predicted octanol–water partition coefficient (Wildman–Crippen LogP) is 4.55. The zero-order valence-electron chi connectivity index (χ0n) is 14.6. The lowest BCUT2D eigenvalue weighted by Crippen LogP contribution is -2.21. The SMILES string of the molecule is O=C(CCc1ccccc1)N/N=C(/c1ccc(O)cc1)c1ccc(Cl)cc1. The van der Waals surface area contributed by atoms with Crippen LogP contribution < -0.4 is 5.43 Å². The van der Waals surface area contributed by atoms with Crippen molar-refractivity contribution in [2.75, 3.05) is 0 Å². The van der Waals surface area contributed by atoms with Gasteiger partial charge in [-0.1, -0.05) is 54.1 Å². The first kappa shape index (κ1) is 18.7. The van der Waals surface area contributed by atoms with E-state index >= 15 is 0 Å². The number of benzene rings is 3. The summed E-state index contributed by atoms with van der Waals surface area (Å²) < 4.78 is 0. The van der Waals surface area contributed by atoms with Crippen molar-refractivity contribution in [3.63, 3.8) is 0 Å². The lowest BCUT2D eigenvalue weighted by molar-refractivity contribution is -0.121. The van der Waals surface area contributed by atoms with Crippen LogP contribution >= 0.6 is 11.6 Å². The summed E-state index contributed by atoms with van der Waals surface area (Å²) in [6.45, 7) is 0. The molecular weight excluding hydrogens is 360 g/mol. The first-order valence-electron chi connectivity index (χ1n) is 8.57. The Bertz CT molecular complexity index is 873. The standard InChI is InChI=1S/C22H19ClN2O2/c23-19-11-7-17(8-12-19)22(18-9-13-20(26)14-10-18)25-24-21(27)15-6-16-4-2-1-3-5-16/h1-5,7-14,26H,6,15H2,(H,24,27)/b25-22+. The first-order valence-corrected chi connectivity index (χ1v) is 8.95.